The molecule has 3 amide bonds. The topological polar surface area (TPSA) is 104 Å². The molecular weight excluding hydrogens is 408 g/mol. The lowest BCUT2D eigenvalue weighted by Gasteiger charge is -2.15. The number of aromatic carboxylic acids is 1. The van der Waals surface area contributed by atoms with Crippen molar-refractivity contribution in [3.05, 3.63) is 94.0 Å². The fraction of sp³-hybridized carbons (Fsp3) is 0. The van der Waals surface area contributed by atoms with E-state index in [9.17, 15) is 19.2 Å². The Bertz CT molecular complexity index is 1240. The SMILES string of the molecule is O=C(O)c1ccc2c(c1)C(=O)N(c1cccc(C(=O)Nc3cccc(Cl)c3)c1)C2=O. The van der Waals surface area contributed by atoms with E-state index >= 15 is 0 Å². The van der Waals surface area contributed by atoms with Crippen LogP contribution in [0, 0.1) is 0 Å². The molecule has 8 heteroatoms. The minimum Gasteiger partial charge on any atom is -0.478 e. The Hall–Kier alpha value is -3.97. The van der Waals surface area contributed by atoms with E-state index in [4.69, 9.17) is 16.7 Å². The fourth-order valence-electron chi connectivity index (χ4n) is 3.16. The van der Waals surface area contributed by atoms with Crippen LogP contribution in [-0.4, -0.2) is 28.8 Å². The molecule has 148 valence electrons. The van der Waals surface area contributed by atoms with Crippen molar-refractivity contribution in [2.45, 2.75) is 0 Å². The molecule has 0 atom stereocenters. The molecule has 4 rings (SSSR count). The van der Waals surface area contributed by atoms with Gasteiger partial charge in [-0.25, -0.2) is 9.69 Å². The van der Waals surface area contributed by atoms with Crippen molar-refractivity contribution >= 4 is 46.7 Å². The summed E-state index contributed by atoms with van der Waals surface area (Å²) in [4.78, 5) is 50.2. The van der Waals surface area contributed by atoms with Gasteiger partial charge in [-0.3, -0.25) is 14.4 Å². The van der Waals surface area contributed by atoms with Gasteiger partial charge in [0.2, 0.25) is 0 Å². The minimum absolute atomic E-state index is 0.00804. The number of hydrogen-bond donors (Lipinski definition) is 2. The van der Waals surface area contributed by atoms with Crippen LogP contribution in [0.25, 0.3) is 0 Å². The van der Waals surface area contributed by atoms with Gasteiger partial charge in [0.25, 0.3) is 17.7 Å². The van der Waals surface area contributed by atoms with Crippen LogP contribution >= 0.6 is 11.6 Å². The lowest BCUT2D eigenvalue weighted by molar-refractivity contribution is 0.0696. The molecule has 1 aliphatic rings. The predicted octanol–water partition coefficient (Wildman–Crippen LogP) is 4.09. The van der Waals surface area contributed by atoms with E-state index in [0.717, 1.165) is 4.90 Å². The predicted molar refractivity (Wildman–Crippen MR) is 110 cm³/mol. The van der Waals surface area contributed by atoms with Gasteiger partial charge in [-0.05, 0) is 54.6 Å². The summed E-state index contributed by atoms with van der Waals surface area (Å²) < 4.78 is 0. The number of nitrogens with one attached hydrogen (secondary N) is 1. The maximum atomic E-state index is 12.8. The van der Waals surface area contributed by atoms with Crippen molar-refractivity contribution in [1.82, 2.24) is 0 Å². The number of carboxylic acid groups (broad SMARTS) is 1. The first-order valence-corrected chi connectivity index (χ1v) is 9.16. The standard InChI is InChI=1S/C22H13ClN2O5/c23-14-4-2-5-15(11-14)24-19(26)12-3-1-6-16(9-12)25-20(27)17-8-7-13(22(29)30)10-18(17)21(25)28/h1-11H,(H,24,26)(H,29,30). The zero-order chi connectivity index (χ0) is 21.4. The highest BCUT2D eigenvalue weighted by Crippen LogP contribution is 2.30. The highest BCUT2D eigenvalue weighted by molar-refractivity contribution is 6.35. The van der Waals surface area contributed by atoms with Gasteiger partial charge < -0.3 is 10.4 Å². The molecule has 0 radical (unpaired) electrons. The molecule has 0 saturated carbocycles. The third-order valence-electron chi connectivity index (χ3n) is 4.58. The number of halogens is 1. The van der Waals surface area contributed by atoms with Gasteiger partial charge in [-0.1, -0.05) is 23.7 Å². The van der Waals surface area contributed by atoms with Gasteiger partial charge in [0.05, 0.1) is 22.4 Å². The Balaban J connectivity index is 1.64. The second kappa shape index (κ2) is 7.46. The normalized spacial score (nSPS) is 12.6. The Morgan fingerprint density at radius 3 is 2.30 bits per heavy atom. The molecule has 0 aromatic heterocycles. The van der Waals surface area contributed by atoms with E-state index < -0.39 is 23.7 Å². The number of benzene rings is 3. The van der Waals surface area contributed by atoms with Crippen LogP contribution in [0.3, 0.4) is 0 Å². The van der Waals surface area contributed by atoms with E-state index in [-0.39, 0.29) is 27.9 Å². The number of fused-ring (bicyclic) bond motifs is 1. The third-order valence-corrected chi connectivity index (χ3v) is 4.82. The third kappa shape index (κ3) is 3.42. The molecule has 3 aromatic rings. The molecule has 7 nitrogen and oxygen atoms in total. The van der Waals surface area contributed by atoms with Crippen LogP contribution in [-0.2, 0) is 0 Å². The average Bonchev–Trinajstić information content (AvgIpc) is 2.98. The van der Waals surface area contributed by atoms with Gasteiger partial charge in [0.1, 0.15) is 0 Å². The Morgan fingerprint density at radius 1 is 0.833 bits per heavy atom. The Labute approximate surface area is 175 Å². The highest BCUT2D eigenvalue weighted by Gasteiger charge is 2.37. The number of carbonyl (C=O) groups excluding carboxylic acids is 3. The quantitative estimate of drug-likeness (QED) is 0.618. The van der Waals surface area contributed by atoms with Crippen LogP contribution in [0.2, 0.25) is 5.02 Å². The summed E-state index contributed by atoms with van der Waals surface area (Å²) in [7, 11) is 0. The number of rotatable bonds is 4. The smallest absolute Gasteiger partial charge is 0.335 e. The first kappa shape index (κ1) is 19.4. The number of amides is 3. The maximum absolute atomic E-state index is 12.8. The summed E-state index contributed by atoms with van der Waals surface area (Å²) in [5.74, 6) is -2.87. The van der Waals surface area contributed by atoms with Crippen LogP contribution < -0.4 is 10.2 Å². The highest BCUT2D eigenvalue weighted by atomic mass is 35.5. The number of nitrogens with zero attached hydrogens (tertiary/aromatic N) is 1. The van der Waals surface area contributed by atoms with Crippen LogP contribution in [0.1, 0.15) is 41.4 Å². The second-order valence-electron chi connectivity index (χ2n) is 6.53. The summed E-state index contributed by atoms with van der Waals surface area (Å²) in [6.45, 7) is 0. The van der Waals surface area contributed by atoms with E-state index in [1.54, 1.807) is 36.4 Å². The van der Waals surface area contributed by atoms with Crippen LogP contribution in [0.5, 0.6) is 0 Å². The van der Waals surface area contributed by atoms with E-state index in [0.29, 0.717) is 10.7 Å². The Kier molecular flexibility index (Phi) is 4.81. The van der Waals surface area contributed by atoms with Crippen molar-refractivity contribution in [3.8, 4) is 0 Å². The first-order valence-electron chi connectivity index (χ1n) is 8.78. The molecule has 2 N–H and O–H groups in total. The van der Waals surface area contributed by atoms with Crippen molar-refractivity contribution in [3.63, 3.8) is 0 Å². The zero-order valence-corrected chi connectivity index (χ0v) is 16.0. The molecule has 0 saturated heterocycles. The first-order chi connectivity index (χ1) is 14.3. The fourth-order valence-corrected chi connectivity index (χ4v) is 3.35. The molecular formula is C22H13ClN2O5. The largest absolute Gasteiger partial charge is 0.478 e. The Morgan fingerprint density at radius 2 is 1.57 bits per heavy atom. The molecule has 1 heterocycles. The zero-order valence-electron chi connectivity index (χ0n) is 15.3. The second-order valence-corrected chi connectivity index (χ2v) is 6.96. The van der Waals surface area contributed by atoms with Crippen molar-refractivity contribution in [2.24, 2.45) is 0 Å². The van der Waals surface area contributed by atoms with Gasteiger partial charge in [-0.15, -0.1) is 0 Å². The summed E-state index contributed by atoms with van der Waals surface area (Å²) >= 11 is 5.92. The molecule has 0 unspecified atom stereocenters. The summed E-state index contributed by atoms with van der Waals surface area (Å²) in [5.41, 5.74) is 0.964. The van der Waals surface area contributed by atoms with Crippen molar-refractivity contribution in [1.29, 1.82) is 0 Å². The van der Waals surface area contributed by atoms with Gasteiger partial charge in [-0.2, -0.15) is 0 Å². The number of imide groups is 1. The molecule has 30 heavy (non-hydrogen) atoms. The number of carboxylic acids is 1. The van der Waals surface area contributed by atoms with Crippen molar-refractivity contribution in [2.75, 3.05) is 10.2 Å². The van der Waals surface area contributed by atoms with Crippen LogP contribution in [0.4, 0.5) is 11.4 Å². The van der Waals surface area contributed by atoms with Crippen LogP contribution in [0.15, 0.2) is 66.7 Å². The lowest BCUT2D eigenvalue weighted by atomic mass is 10.1. The molecule has 0 bridgehead atoms. The molecule has 0 spiro atoms. The summed E-state index contributed by atoms with van der Waals surface area (Å²) in [6, 6.07) is 16.4. The van der Waals surface area contributed by atoms with Gasteiger partial charge >= 0.3 is 5.97 Å². The van der Waals surface area contributed by atoms with E-state index in [2.05, 4.69) is 5.32 Å². The molecule has 1 aliphatic heterocycles. The van der Waals surface area contributed by atoms with E-state index in [1.807, 2.05) is 0 Å². The number of hydrogen-bond acceptors (Lipinski definition) is 4. The summed E-state index contributed by atoms with van der Waals surface area (Å²) in [6.07, 6.45) is 0. The number of carbonyl (C=O) groups is 4. The van der Waals surface area contributed by atoms with Crippen molar-refractivity contribution < 1.29 is 24.3 Å². The average molecular weight is 421 g/mol. The van der Waals surface area contributed by atoms with Gasteiger partial charge in [0.15, 0.2) is 0 Å². The lowest BCUT2D eigenvalue weighted by Crippen LogP contribution is -2.29. The van der Waals surface area contributed by atoms with Gasteiger partial charge in [0, 0.05) is 16.3 Å². The monoisotopic (exact) mass is 420 g/mol. The molecule has 3 aromatic carbocycles. The molecule has 0 aliphatic carbocycles. The van der Waals surface area contributed by atoms with E-state index in [1.165, 1.54) is 30.3 Å². The maximum Gasteiger partial charge on any atom is 0.335 e. The minimum atomic E-state index is -1.20. The number of anilines is 2. The molecule has 0 fully saturated rings. The summed E-state index contributed by atoms with van der Waals surface area (Å²) in [5, 5.41) is 12.3.